The molecule has 2 aromatic carbocycles. The van der Waals surface area contributed by atoms with Gasteiger partial charge in [0.15, 0.2) is 0 Å². The Labute approximate surface area is 109 Å². The Balaban J connectivity index is 2.33. The molecule has 0 aliphatic carbocycles. The second kappa shape index (κ2) is 4.17. The minimum atomic E-state index is 0.549. The molecule has 0 saturated heterocycles. The first-order chi connectivity index (χ1) is 8.79. The average Bonchev–Trinajstić information content (AvgIpc) is 2.82. The number of aromatic nitrogens is 2. The van der Waals surface area contributed by atoms with Gasteiger partial charge in [-0.2, -0.15) is 10.4 Å². The number of rotatable bonds is 1. The molecule has 0 amide bonds. The number of nitriles is 1. The van der Waals surface area contributed by atoms with Crippen LogP contribution < -0.4 is 0 Å². The molecule has 4 heteroatoms. The van der Waals surface area contributed by atoms with Gasteiger partial charge in [0.05, 0.1) is 23.0 Å². The van der Waals surface area contributed by atoms with Gasteiger partial charge in [-0.05, 0) is 24.3 Å². The molecule has 0 aliphatic heterocycles. The van der Waals surface area contributed by atoms with Gasteiger partial charge < -0.3 is 0 Å². The molecule has 18 heavy (non-hydrogen) atoms. The normalized spacial score (nSPS) is 10.4. The van der Waals surface area contributed by atoms with E-state index in [1.807, 2.05) is 24.3 Å². The molecule has 0 saturated carbocycles. The highest BCUT2D eigenvalue weighted by Gasteiger charge is 2.09. The van der Waals surface area contributed by atoms with Gasteiger partial charge >= 0.3 is 0 Å². The van der Waals surface area contributed by atoms with Crippen molar-refractivity contribution in [2.45, 2.75) is 0 Å². The SMILES string of the molecule is N#Cc1ccc(Cl)cc1-n1ncc2ccccc21. The summed E-state index contributed by atoms with van der Waals surface area (Å²) in [5.41, 5.74) is 2.20. The lowest BCUT2D eigenvalue weighted by molar-refractivity contribution is 0.907. The summed E-state index contributed by atoms with van der Waals surface area (Å²) in [6, 6.07) is 15.2. The zero-order chi connectivity index (χ0) is 12.5. The summed E-state index contributed by atoms with van der Waals surface area (Å²) < 4.78 is 1.74. The lowest BCUT2D eigenvalue weighted by Gasteiger charge is -2.06. The molecule has 0 aliphatic rings. The van der Waals surface area contributed by atoms with Crippen LogP contribution in [0.1, 0.15) is 5.56 Å². The zero-order valence-electron chi connectivity index (χ0n) is 9.34. The van der Waals surface area contributed by atoms with E-state index >= 15 is 0 Å². The molecule has 0 atom stereocenters. The van der Waals surface area contributed by atoms with Crippen molar-refractivity contribution in [2.24, 2.45) is 0 Å². The molecule has 1 aromatic heterocycles. The Morgan fingerprint density at radius 1 is 1.17 bits per heavy atom. The highest BCUT2D eigenvalue weighted by molar-refractivity contribution is 6.30. The van der Waals surface area contributed by atoms with Crippen molar-refractivity contribution in [3.05, 3.63) is 59.2 Å². The topological polar surface area (TPSA) is 41.6 Å². The number of fused-ring (bicyclic) bond motifs is 1. The summed E-state index contributed by atoms with van der Waals surface area (Å²) in [5.74, 6) is 0. The molecule has 1 heterocycles. The van der Waals surface area contributed by atoms with Gasteiger partial charge in [-0.1, -0.05) is 29.8 Å². The predicted octanol–water partition coefficient (Wildman–Crippen LogP) is 3.55. The Hall–Kier alpha value is -2.31. The summed E-state index contributed by atoms with van der Waals surface area (Å²) in [6.45, 7) is 0. The second-order valence-electron chi connectivity index (χ2n) is 3.89. The first kappa shape index (κ1) is 10.8. The summed E-state index contributed by atoms with van der Waals surface area (Å²) in [6.07, 6.45) is 1.78. The zero-order valence-corrected chi connectivity index (χ0v) is 10.1. The minimum Gasteiger partial charge on any atom is -0.232 e. The van der Waals surface area contributed by atoms with Crippen molar-refractivity contribution in [3.8, 4) is 11.8 Å². The largest absolute Gasteiger partial charge is 0.232 e. The Morgan fingerprint density at radius 2 is 2.00 bits per heavy atom. The third-order valence-corrected chi connectivity index (χ3v) is 3.02. The first-order valence-corrected chi connectivity index (χ1v) is 5.80. The first-order valence-electron chi connectivity index (χ1n) is 5.42. The van der Waals surface area contributed by atoms with Gasteiger partial charge in [0.25, 0.3) is 0 Å². The molecule has 3 rings (SSSR count). The van der Waals surface area contributed by atoms with Gasteiger partial charge in [-0.15, -0.1) is 0 Å². The van der Waals surface area contributed by atoms with Crippen LogP contribution in [0.2, 0.25) is 5.02 Å². The molecule has 3 aromatic rings. The van der Waals surface area contributed by atoms with Crippen LogP contribution in [-0.4, -0.2) is 9.78 Å². The van der Waals surface area contributed by atoms with Crippen LogP contribution in [0.5, 0.6) is 0 Å². The van der Waals surface area contributed by atoms with Crippen molar-refractivity contribution in [1.82, 2.24) is 9.78 Å². The van der Waals surface area contributed by atoms with Crippen LogP contribution in [0.25, 0.3) is 16.6 Å². The van der Waals surface area contributed by atoms with E-state index in [4.69, 9.17) is 16.9 Å². The fourth-order valence-electron chi connectivity index (χ4n) is 1.94. The van der Waals surface area contributed by atoms with Crippen molar-refractivity contribution >= 4 is 22.5 Å². The van der Waals surface area contributed by atoms with Crippen molar-refractivity contribution in [1.29, 1.82) is 5.26 Å². The molecule has 0 bridgehead atoms. The Kier molecular flexibility index (Phi) is 2.51. The van der Waals surface area contributed by atoms with Gasteiger partial charge in [0, 0.05) is 10.4 Å². The van der Waals surface area contributed by atoms with E-state index in [0.29, 0.717) is 16.3 Å². The molecule has 0 radical (unpaired) electrons. The molecule has 0 N–H and O–H groups in total. The van der Waals surface area contributed by atoms with E-state index in [1.54, 1.807) is 29.1 Å². The maximum absolute atomic E-state index is 9.15. The van der Waals surface area contributed by atoms with Gasteiger partial charge in [-0.3, -0.25) is 0 Å². The van der Waals surface area contributed by atoms with E-state index in [0.717, 1.165) is 10.9 Å². The number of hydrogen-bond donors (Lipinski definition) is 0. The highest BCUT2D eigenvalue weighted by Crippen LogP contribution is 2.23. The number of para-hydroxylation sites is 1. The summed E-state index contributed by atoms with van der Waals surface area (Å²) in [7, 11) is 0. The number of halogens is 1. The molecule has 0 fully saturated rings. The third kappa shape index (κ3) is 1.64. The van der Waals surface area contributed by atoms with Gasteiger partial charge in [-0.25, -0.2) is 4.68 Å². The lowest BCUT2D eigenvalue weighted by atomic mass is 10.2. The summed E-state index contributed by atoms with van der Waals surface area (Å²) in [4.78, 5) is 0. The van der Waals surface area contributed by atoms with E-state index in [9.17, 15) is 0 Å². The van der Waals surface area contributed by atoms with E-state index < -0.39 is 0 Å². The maximum Gasteiger partial charge on any atom is 0.101 e. The van der Waals surface area contributed by atoms with Gasteiger partial charge in [0.1, 0.15) is 6.07 Å². The number of nitrogens with zero attached hydrogens (tertiary/aromatic N) is 3. The Bertz CT molecular complexity index is 768. The second-order valence-corrected chi connectivity index (χ2v) is 4.32. The fourth-order valence-corrected chi connectivity index (χ4v) is 2.10. The number of hydrogen-bond acceptors (Lipinski definition) is 2. The molecule has 3 nitrogen and oxygen atoms in total. The smallest absolute Gasteiger partial charge is 0.101 e. The van der Waals surface area contributed by atoms with Crippen LogP contribution in [0.15, 0.2) is 48.7 Å². The maximum atomic E-state index is 9.15. The molecule has 0 spiro atoms. The third-order valence-electron chi connectivity index (χ3n) is 2.79. The summed E-state index contributed by atoms with van der Waals surface area (Å²) >= 11 is 5.99. The standard InChI is InChI=1S/C14H8ClN3/c15-12-6-5-10(8-16)14(7-12)18-13-4-2-1-3-11(13)9-17-18/h1-7,9H. The van der Waals surface area contributed by atoms with Crippen molar-refractivity contribution in [3.63, 3.8) is 0 Å². The lowest BCUT2D eigenvalue weighted by Crippen LogP contribution is -1.99. The minimum absolute atomic E-state index is 0.549. The molecular formula is C14H8ClN3. The number of benzene rings is 2. The van der Waals surface area contributed by atoms with Crippen molar-refractivity contribution < 1.29 is 0 Å². The summed E-state index contributed by atoms with van der Waals surface area (Å²) in [5, 5.41) is 15.1. The van der Waals surface area contributed by atoms with Crippen molar-refractivity contribution in [2.75, 3.05) is 0 Å². The molecule has 86 valence electrons. The van der Waals surface area contributed by atoms with Crippen LogP contribution in [-0.2, 0) is 0 Å². The fraction of sp³-hybridized carbons (Fsp3) is 0. The van der Waals surface area contributed by atoms with Gasteiger partial charge in [0.2, 0.25) is 0 Å². The van der Waals surface area contributed by atoms with E-state index in [2.05, 4.69) is 11.2 Å². The average molecular weight is 254 g/mol. The van der Waals surface area contributed by atoms with Crippen LogP contribution in [0, 0.1) is 11.3 Å². The van der Waals surface area contributed by atoms with E-state index in [-0.39, 0.29) is 0 Å². The molecule has 0 unspecified atom stereocenters. The Morgan fingerprint density at radius 3 is 2.83 bits per heavy atom. The van der Waals surface area contributed by atoms with E-state index in [1.165, 1.54) is 0 Å². The molecular weight excluding hydrogens is 246 g/mol. The van der Waals surface area contributed by atoms with Crippen LogP contribution in [0.4, 0.5) is 0 Å². The van der Waals surface area contributed by atoms with Crippen LogP contribution in [0.3, 0.4) is 0 Å². The van der Waals surface area contributed by atoms with Crippen LogP contribution >= 0.6 is 11.6 Å². The highest BCUT2D eigenvalue weighted by atomic mass is 35.5. The predicted molar refractivity (Wildman–Crippen MR) is 70.8 cm³/mol. The quantitative estimate of drug-likeness (QED) is 0.665. The monoisotopic (exact) mass is 253 g/mol.